The highest BCUT2D eigenvalue weighted by Gasteiger charge is 2.24. The highest BCUT2D eigenvalue weighted by Crippen LogP contribution is 2.38. The molecular weight excluding hydrogens is 248 g/mol. The van der Waals surface area contributed by atoms with Crippen molar-refractivity contribution in [3.8, 4) is 0 Å². The molecule has 0 radical (unpaired) electrons. The van der Waals surface area contributed by atoms with Crippen molar-refractivity contribution < 1.29 is 8.78 Å². The van der Waals surface area contributed by atoms with Crippen LogP contribution in [0.15, 0.2) is 35.1 Å². The predicted molar refractivity (Wildman–Crippen MR) is 68.2 cm³/mol. The SMILES string of the molecule is O=c1[nH]c(C2CC2)ccc1Cc1cc(F)ccc1F. The molecule has 1 aromatic carbocycles. The molecule has 0 saturated heterocycles. The molecule has 4 heteroatoms. The number of aromatic amines is 1. The summed E-state index contributed by atoms with van der Waals surface area (Å²) in [6.45, 7) is 0. The van der Waals surface area contributed by atoms with Crippen LogP contribution in [0, 0.1) is 11.6 Å². The van der Waals surface area contributed by atoms with E-state index in [1.54, 1.807) is 6.07 Å². The first-order chi connectivity index (χ1) is 9.13. The van der Waals surface area contributed by atoms with Crippen LogP contribution in [0.5, 0.6) is 0 Å². The molecule has 19 heavy (non-hydrogen) atoms. The Hall–Kier alpha value is -1.97. The van der Waals surface area contributed by atoms with Crippen LogP contribution >= 0.6 is 0 Å². The fourth-order valence-electron chi connectivity index (χ4n) is 2.17. The zero-order valence-electron chi connectivity index (χ0n) is 10.2. The standard InChI is InChI=1S/C15H13F2NO/c16-12-4-5-13(17)11(8-12)7-10-3-6-14(9-1-2-9)18-15(10)19/h3-6,8-9H,1-2,7H2,(H,18,19). The van der Waals surface area contributed by atoms with Crippen molar-refractivity contribution in [3.63, 3.8) is 0 Å². The van der Waals surface area contributed by atoms with Crippen LogP contribution in [0.4, 0.5) is 8.78 Å². The number of aromatic nitrogens is 1. The van der Waals surface area contributed by atoms with Crippen LogP contribution in [0.3, 0.4) is 0 Å². The Labute approximate surface area is 109 Å². The predicted octanol–water partition coefficient (Wildman–Crippen LogP) is 3.12. The maximum atomic E-state index is 13.5. The molecule has 3 rings (SSSR count). The average molecular weight is 261 g/mol. The number of pyridine rings is 1. The van der Waals surface area contributed by atoms with Gasteiger partial charge in [0, 0.05) is 17.7 Å². The summed E-state index contributed by atoms with van der Waals surface area (Å²) in [5, 5.41) is 0. The van der Waals surface area contributed by atoms with Gasteiger partial charge in [0.05, 0.1) is 0 Å². The molecular formula is C15H13F2NO. The summed E-state index contributed by atoms with van der Waals surface area (Å²) in [6, 6.07) is 6.85. The van der Waals surface area contributed by atoms with Crippen LogP contribution in [-0.2, 0) is 6.42 Å². The maximum absolute atomic E-state index is 13.5. The molecule has 2 aromatic rings. The van der Waals surface area contributed by atoms with Crippen LogP contribution in [0.2, 0.25) is 0 Å². The van der Waals surface area contributed by atoms with Gasteiger partial charge in [-0.15, -0.1) is 0 Å². The van der Waals surface area contributed by atoms with Gasteiger partial charge in [-0.3, -0.25) is 4.79 Å². The van der Waals surface area contributed by atoms with Gasteiger partial charge in [0.25, 0.3) is 5.56 Å². The molecule has 2 nitrogen and oxygen atoms in total. The van der Waals surface area contributed by atoms with E-state index in [0.29, 0.717) is 11.5 Å². The molecule has 0 unspecified atom stereocenters. The van der Waals surface area contributed by atoms with Crippen molar-refractivity contribution in [1.29, 1.82) is 0 Å². The fraction of sp³-hybridized carbons (Fsp3) is 0.267. The molecule has 0 bridgehead atoms. The second-order valence-electron chi connectivity index (χ2n) is 4.95. The lowest BCUT2D eigenvalue weighted by molar-refractivity contribution is 0.588. The molecule has 1 N–H and O–H groups in total. The number of nitrogens with one attached hydrogen (secondary N) is 1. The van der Waals surface area contributed by atoms with Crippen molar-refractivity contribution in [2.45, 2.75) is 25.2 Å². The lowest BCUT2D eigenvalue weighted by Crippen LogP contribution is -2.14. The van der Waals surface area contributed by atoms with E-state index < -0.39 is 11.6 Å². The lowest BCUT2D eigenvalue weighted by atomic mass is 10.0. The first-order valence-electron chi connectivity index (χ1n) is 6.29. The first kappa shape index (κ1) is 12.1. The Morgan fingerprint density at radius 2 is 1.89 bits per heavy atom. The van der Waals surface area contributed by atoms with E-state index in [1.807, 2.05) is 6.07 Å². The van der Waals surface area contributed by atoms with Gasteiger partial charge in [0.15, 0.2) is 0 Å². The highest BCUT2D eigenvalue weighted by molar-refractivity contribution is 5.28. The number of hydrogen-bond donors (Lipinski definition) is 1. The molecule has 0 amide bonds. The van der Waals surface area contributed by atoms with Gasteiger partial charge >= 0.3 is 0 Å². The smallest absolute Gasteiger partial charge is 0.251 e. The Bertz CT molecular complexity index is 674. The van der Waals surface area contributed by atoms with Gasteiger partial charge in [-0.2, -0.15) is 0 Å². The summed E-state index contributed by atoms with van der Waals surface area (Å²) in [7, 11) is 0. The topological polar surface area (TPSA) is 32.9 Å². The van der Waals surface area contributed by atoms with Gasteiger partial charge < -0.3 is 4.98 Å². The minimum atomic E-state index is -0.498. The molecule has 1 aliphatic carbocycles. The van der Waals surface area contributed by atoms with Crippen LogP contribution < -0.4 is 5.56 Å². The van der Waals surface area contributed by atoms with Crippen LogP contribution in [-0.4, -0.2) is 4.98 Å². The summed E-state index contributed by atoms with van der Waals surface area (Å²) < 4.78 is 26.6. The number of hydrogen-bond acceptors (Lipinski definition) is 1. The van der Waals surface area contributed by atoms with E-state index in [-0.39, 0.29) is 17.5 Å². The van der Waals surface area contributed by atoms with E-state index in [4.69, 9.17) is 0 Å². The lowest BCUT2D eigenvalue weighted by Gasteiger charge is -2.05. The fourth-order valence-corrected chi connectivity index (χ4v) is 2.17. The first-order valence-corrected chi connectivity index (χ1v) is 6.29. The van der Waals surface area contributed by atoms with E-state index in [2.05, 4.69) is 4.98 Å². The number of H-pyrrole nitrogens is 1. The minimum absolute atomic E-state index is 0.101. The third-order valence-electron chi connectivity index (χ3n) is 3.42. The van der Waals surface area contributed by atoms with Crippen molar-refractivity contribution in [1.82, 2.24) is 4.98 Å². The molecule has 0 atom stereocenters. The van der Waals surface area contributed by atoms with E-state index in [1.165, 1.54) is 0 Å². The molecule has 0 aliphatic heterocycles. The second kappa shape index (κ2) is 4.61. The van der Waals surface area contributed by atoms with E-state index in [0.717, 1.165) is 36.7 Å². The Kier molecular flexibility index (Phi) is 2.93. The third kappa shape index (κ3) is 2.57. The summed E-state index contributed by atoms with van der Waals surface area (Å²) in [5.74, 6) is -0.526. The van der Waals surface area contributed by atoms with Gasteiger partial charge in [-0.1, -0.05) is 6.07 Å². The third-order valence-corrected chi connectivity index (χ3v) is 3.42. The summed E-state index contributed by atoms with van der Waals surface area (Å²) in [4.78, 5) is 14.7. The molecule has 1 fully saturated rings. The molecule has 1 heterocycles. The molecule has 98 valence electrons. The Balaban J connectivity index is 1.90. The van der Waals surface area contributed by atoms with E-state index in [9.17, 15) is 13.6 Å². The summed E-state index contributed by atoms with van der Waals surface area (Å²) in [5.41, 5.74) is 1.38. The monoisotopic (exact) mass is 261 g/mol. The number of halogens is 2. The summed E-state index contributed by atoms with van der Waals surface area (Å²) in [6.07, 6.45) is 2.31. The van der Waals surface area contributed by atoms with Gasteiger partial charge in [-0.05, 0) is 48.6 Å². The average Bonchev–Trinajstić information content (AvgIpc) is 3.20. The Morgan fingerprint density at radius 1 is 1.11 bits per heavy atom. The van der Waals surface area contributed by atoms with Crippen molar-refractivity contribution >= 4 is 0 Å². The van der Waals surface area contributed by atoms with Crippen molar-refractivity contribution in [3.05, 3.63) is 69.1 Å². The summed E-state index contributed by atoms with van der Waals surface area (Å²) >= 11 is 0. The number of rotatable bonds is 3. The van der Waals surface area contributed by atoms with Gasteiger partial charge in [0.1, 0.15) is 11.6 Å². The minimum Gasteiger partial charge on any atom is -0.326 e. The van der Waals surface area contributed by atoms with Gasteiger partial charge in [-0.25, -0.2) is 8.78 Å². The van der Waals surface area contributed by atoms with Crippen molar-refractivity contribution in [2.75, 3.05) is 0 Å². The molecule has 1 aliphatic rings. The van der Waals surface area contributed by atoms with Gasteiger partial charge in [0.2, 0.25) is 0 Å². The van der Waals surface area contributed by atoms with E-state index >= 15 is 0 Å². The highest BCUT2D eigenvalue weighted by atomic mass is 19.1. The molecule has 1 aromatic heterocycles. The molecule has 0 spiro atoms. The normalized spacial score (nSPS) is 14.6. The molecule has 1 saturated carbocycles. The van der Waals surface area contributed by atoms with Crippen LogP contribution in [0.25, 0.3) is 0 Å². The quantitative estimate of drug-likeness (QED) is 0.904. The Morgan fingerprint density at radius 3 is 2.58 bits per heavy atom. The zero-order chi connectivity index (χ0) is 13.4. The largest absolute Gasteiger partial charge is 0.326 e. The zero-order valence-corrected chi connectivity index (χ0v) is 10.2. The maximum Gasteiger partial charge on any atom is 0.251 e. The number of benzene rings is 1. The second-order valence-corrected chi connectivity index (χ2v) is 4.95. The van der Waals surface area contributed by atoms with Crippen LogP contribution in [0.1, 0.15) is 35.6 Å². The van der Waals surface area contributed by atoms with Crippen molar-refractivity contribution in [2.24, 2.45) is 0 Å².